The molecule has 0 amide bonds. The molecule has 0 saturated heterocycles. The average Bonchev–Trinajstić information content (AvgIpc) is 3.67. The summed E-state index contributed by atoms with van der Waals surface area (Å²) in [5, 5.41) is 19.4. The van der Waals surface area contributed by atoms with Crippen molar-refractivity contribution in [3.63, 3.8) is 0 Å². The van der Waals surface area contributed by atoms with Gasteiger partial charge in [-0.1, -0.05) is 84.9 Å². The van der Waals surface area contributed by atoms with Gasteiger partial charge in [-0.3, -0.25) is 0 Å². The normalized spacial score (nSPS) is 12.3. The Hall–Kier alpha value is -5.42. The van der Waals surface area contributed by atoms with E-state index in [-0.39, 0.29) is 0 Å². The van der Waals surface area contributed by atoms with Crippen LogP contribution in [0.25, 0.3) is 105 Å². The van der Waals surface area contributed by atoms with Gasteiger partial charge < -0.3 is 0 Å². The van der Waals surface area contributed by atoms with Crippen LogP contribution in [-0.2, 0) is 0 Å². The molecule has 7 aromatic carbocycles. The molecule has 11 rings (SSSR count). The lowest BCUT2D eigenvalue weighted by Crippen LogP contribution is -1.81. The highest BCUT2D eigenvalue weighted by molar-refractivity contribution is 7.25. The Morgan fingerprint density at radius 3 is 1.15 bits per heavy atom. The summed E-state index contributed by atoms with van der Waals surface area (Å²) in [6, 6.07) is 45.2. The van der Waals surface area contributed by atoms with Gasteiger partial charge in [0.1, 0.15) is 9.66 Å². The zero-order valence-corrected chi connectivity index (χ0v) is 26.0. The molecule has 0 aliphatic heterocycles. The minimum absolute atomic E-state index is 1.07. The molecule has 0 saturated carbocycles. The number of benzene rings is 6. The van der Waals surface area contributed by atoms with Crippen molar-refractivity contribution in [1.29, 1.82) is 0 Å². The second-order valence-corrected chi connectivity index (χ2v) is 14.3. The zero-order chi connectivity index (χ0) is 29.9. The number of hydrogen-bond donors (Lipinski definition) is 0. The van der Waals surface area contributed by atoms with Crippen molar-refractivity contribution in [3.8, 4) is 0 Å². The number of thiophene rings is 2. The maximum Gasteiger partial charge on any atom is 0.124 e. The van der Waals surface area contributed by atoms with Crippen molar-refractivity contribution < 1.29 is 0 Å². The van der Waals surface area contributed by atoms with Crippen LogP contribution in [0.15, 0.2) is 134 Å². The molecule has 11 aromatic rings. The molecule has 46 heavy (non-hydrogen) atoms. The maximum absolute atomic E-state index is 5.04. The Bertz CT molecular complexity index is 2740. The second-order valence-electron chi connectivity index (χ2n) is 12.2. The molecule has 0 unspecified atom stereocenters. The molecule has 0 radical (unpaired) electrons. The zero-order valence-electron chi connectivity index (χ0n) is 24.4. The van der Waals surface area contributed by atoms with Crippen LogP contribution in [0.1, 0.15) is 0 Å². The van der Waals surface area contributed by atoms with Crippen molar-refractivity contribution >= 4 is 128 Å². The number of pyridine rings is 2. The predicted octanol–water partition coefficient (Wildman–Crippen LogP) is 12.7. The lowest BCUT2D eigenvalue weighted by atomic mass is 9.97. The third-order valence-corrected chi connectivity index (χ3v) is 11.9. The first kappa shape index (κ1) is 24.8. The summed E-state index contributed by atoms with van der Waals surface area (Å²) >= 11 is 3.54. The van der Waals surface area contributed by atoms with Gasteiger partial charge in [-0.05, 0) is 90.3 Å². The van der Waals surface area contributed by atoms with Gasteiger partial charge in [0.2, 0.25) is 0 Å². The summed E-state index contributed by atoms with van der Waals surface area (Å²) in [7, 11) is 0. The second kappa shape index (κ2) is 9.07. The molecule has 0 spiro atoms. The fourth-order valence-corrected chi connectivity index (χ4v) is 9.61. The highest BCUT2D eigenvalue weighted by Crippen LogP contribution is 2.40. The fraction of sp³-hybridized carbons (Fsp3) is 0. The molecule has 4 aromatic heterocycles. The number of fused-ring (bicyclic) bond motifs is 8. The van der Waals surface area contributed by atoms with Crippen molar-refractivity contribution in [2.24, 2.45) is 0 Å². The van der Waals surface area contributed by atoms with Crippen molar-refractivity contribution in [1.82, 2.24) is 9.97 Å². The topological polar surface area (TPSA) is 25.8 Å². The molecular formula is C42H22N2S2. The Balaban J connectivity index is 1.46. The number of hydrogen-bond acceptors (Lipinski definition) is 4. The van der Waals surface area contributed by atoms with Crippen molar-refractivity contribution in [3.05, 3.63) is 134 Å². The molecule has 0 N–H and O–H groups in total. The van der Waals surface area contributed by atoms with Crippen molar-refractivity contribution in [2.75, 3.05) is 0 Å². The highest BCUT2D eigenvalue weighted by Gasteiger charge is 2.12. The van der Waals surface area contributed by atoms with Crippen LogP contribution in [0.2, 0.25) is 0 Å². The van der Waals surface area contributed by atoms with Gasteiger partial charge in [-0.2, -0.15) is 0 Å². The van der Waals surface area contributed by atoms with Crippen LogP contribution in [0.3, 0.4) is 0 Å². The smallest absolute Gasteiger partial charge is 0.124 e. The monoisotopic (exact) mass is 618 g/mol. The van der Waals surface area contributed by atoms with Gasteiger partial charge in [0.15, 0.2) is 0 Å². The number of rotatable bonds is 0. The Morgan fingerprint density at radius 1 is 0.326 bits per heavy atom. The molecule has 8 bridgehead atoms. The molecule has 0 aliphatic carbocycles. The van der Waals surface area contributed by atoms with Crippen LogP contribution in [-0.4, -0.2) is 9.97 Å². The van der Waals surface area contributed by atoms with Gasteiger partial charge in [0.05, 0.1) is 0 Å². The average molecular weight is 619 g/mol. The molecule has 0 aliphatic rings. The van der Waals surface area contributed by atoms with E-state index < -0.39 is 0 Å². The highest BCUT2D eigenvalue weighted by atomic mass is 32.1. The molecule has 212 valence electrons. The van der Waals surface area contributed by atoms with Gasteiger partial charge in [-0.25, -0.2) is 9.97 Å². The third-order valence-electron chi connectivity index (χ3n) is 9.71. The molecular weight excluding hydrogens is 597 g/mol. The largest absolute Gasteiger partial charge is 0.245 e. The fourth-order valence-electron chi connectivity index (χ4n) is 7.59. The Labute approximate surface area is 270 Å². The minimum atomic E-state index is 1.07. The summed E-state index contributed by atoms with van der Waals surface area (Å²) in [5.41, 5.74) is 0. The summed E-state index contributed by atoms with van der Waals surface area (Å²) in [6.07, 6.45) is 4.10. The molecule has 2 nitrogen and oxygen atoms in total. The van der Waals surface area contributed by atoms with Gasteiger partial charge in [0.25, 0.3) is 0 Å². The molecule has 4 heterocycles. The lowest BCUT2D eigenvalue weighted by Gasteiger charge is -2.07. The van der Waals surface area contributed by atoms with E-state index in [0.29, 0.717) is 0 Å². The molecule has 0 atom stereocenters. The number of aromatic nitrogens is 2. The van der Waals surface area contributed by atoms with E-state index in [4.69, 9.17) is 9.97 Å². The van der Waals surface area contributed by atoms with Crippen LogP contribution < -0.4 is 0 Å². The first-order valence-electron chi connectivity index (χ1n) is 15.5. The Morgan fingerprint density at radius 2 is 0.717 bits per heavy atom. The van der Waals surface area contributed by atoms with Gasteiger partial charge in [0, 0.05) is 54.1 Å². The first-order valence-corrected chi connectivity index (χ1v) is 17.1. The first-order chi connectivity index (χ1) is 22.8. The molecule has 0 fully saturated rings. The van der Waals surface area contributed by atoms with E-state index in [1.54, 1.807) is 22.7 Å². The maximum atomic E-state index is 5.04. The number of nitrogens with zero attached hydrogens (tertiary/aromatic N) is 2. The van der Waals surface area contributed by atoms with Crippen LogP contribution >= 0.6 is 22.7 Å². The Kier molecular flexibility index (Phi) is 4.90. The van der Waals surface area contributed by atoms with Gasteiger partial charge >= 0.3 is 0 Å². The predicted molar refractivity (Wildman–Crippen MR) is 202 cm³/mol. The summed E-state index contributed by atoms with van der Waals surface area (Å²) in [5.74, 6) is 0. The third kappa shape index (κ3) is 3.40. The summed E-state index contributed by atoms with van der Waals surface area (Å²) < 4.78 is 2.51. The van der Waals surface area contributed by atoms with Crippen LogP contribution in [0, 0.1) is 0 Å². The van der Waals surface area contributed by atoms with Gasteiger partial charge in [-0.15, -0.1) is 22.7 Å². The summed E-state index contributed by atoms with van der Waals surface area (Å²) in [6.45, 7) is 0. The van der Waals surface area contributed by atoms with E-state index in [1.165, 1.54) is 84.8 Å². The lowest BCUT2D eigenvalue weighted by molar-refractivity contribution is 1.48. The van der Waals surface area contributed by atoms with E-state index in [1.807, 2.05) is 0 Å². The standard InChI is InChI=1S/C42H22N2S2/c1-5-23-6-2-10-30-26-14-16-38-34(18-26)36-20-28(22-44-42(36)46-38)32-12-4-8-24-7-3-11-31(40(24)32)27-19-35-33-17-25(29(9-1)39(23)30)13-15-37(33)45-41(35)43-21-27/h1-22H. The van der Waals surface area contributed by atoms with E-state index in [9.17, 15) is 0 Å². The summed E-state index contributed by atoms with van der Waals surface area (Å²) in [4.78, 5) is 12.2. The van der Waals surface area contributed by atoms with E-state index >= 15 is 0 Å². The molecule has 4 heteroatoms. The minimum Gasteiger partial charge on any atom is -0.245 e. The SMILES string of the molecule is c1cc2cccc3c4ccc5sc6ncc(cc6c5c4)c4cccc5cccc(c6cnc7sc8ccc(cc8c7c6)c(c1)c23)c54. The van der Waals surface area contributed by atoms with Crippen LogP contribution in [0.5, 0.6) is 0 Å². The van der Waals surface area contributed by atoms with E-state index in [0.717, 1.165) is 20.4 Å². The quantitative estimate of drug-likeness (QED) is 0.169. The van der Waals surface area contributed by atoms with E-state index in [2.05, 4.69) is 134 Å². The van der Waals surface area contributed by atoms with Crippen molar-refractivity contribution in [2.45, 2.75) is 0 Å². The van der Waals surface area contributed by atoms with Crippen LogP contribution in [0.4, 0.5) is 0 Å².